The Balaban J connectivity index is 2.41. The summed E-state index contributed by atoms with van der Waals surface area (Å²) in [5.41, 5.74) is 1.58. The van der Waals surface area contributed by atoms with Gasteiger partial charge in [0.2, 0.25) is 0 Å². The summed E-state index contributed by atoms with van der Waals surface area (Å²) >= 11 is 0. The molecular formula is C10H15N3O2S. The molecule has 0 radical (unpaired) electrons. The van der Waals surface area contributed by atoms with Crippen molar-refractivity contribution >= 4 is 9.84 Å². The second kappa shape index (κ2) is 5.14. The molecule has 0 saturated heterocycles. The van der Waals surface area contributed by atoms with E-state index in [0.29, 0.717) is 18.8 Å². The number of sulfone groups is 1. The number of nitriles is 1. The van der Waals surface area contributed by atoms with Gasteiger partial charge in [0.25, 0.3) is 0 Å². The molecule has 0 bridgehead atoms. The summed E-state index contributed by atoms with van der Waals surface area (Å²) in [6.45, 7) is 1.00. The summed E-state index contributed by atoms with van der Waals surface area (Å²) in [7, 11) is -1.10. The van der Waals surface area contributed by atoms with Crippen LogP contribution < -0.4 is 5.32 Å². The van der Waals surface area contributed by atoms with Gasteiger partial charge in [-0.05, 0) is 11.6 Å². The first kappa shape index (κ1) is 12.7. The fourth-order valence-corrected chi connectivity index (χ4v) is 1.85. The monoisotopic (exact) mass is 241 g/mol. The maximum atomic E-state index is 10.9. The zero-order chi connectivity index (χ0) is 12.2. The van der Waals surface area contributed by atoms with Crippen LogP contribution in [0.2, 0.25) is 0 Å². The van der Waals surface area contributed by atoms with Gasteiger partial charge in [-0.15, -0.1) is 0 Å². The molecule has 0 atom stereocenters. The zero-order valence-corrected chi connectivity index (χ0v) is 10.2. The molecule has 16 heavy (non-hydrogen) atoms. The highest BCUT2D eigenvalue weighted by molar-refractivity contribution is 7.90. The first-order chi connectivity index (χ1) is 7.42. The third kappa shape index (κ3) is 4.04. The predicted octanol–water partition coefficient (Wildman–Crippen LogP) is 0.0310. The summed E-state index contributed by atoms with van der Waals surface area (Å²) in [4.78, 5) is 0. The maximum absolute atomic E-state index is 10.9. The van der Waals surface area contributed by atoms with Gasteiger partial charge < -0.3 is 9.88 Å². The van der Waals surface area contributed by atoms with Crippen molar-refractivity contribution in [3.8, 4) is 6.07 Å². The summed E-state index contributed by atoms with van der Waals surface area (Å²) in [5.74, 6) is 0.130. The van der Waals surface area contributed by atoms with E-state index in [-0.39, 0.29) is 5.75 Å². The van der Waals surface area contributed by atoms with E-state index >= 15 is 0 Å². The molecule has 0 aliphatic rings. The zero-order valence-electron chi connectivity index (χ0n) is 9.40. The Bertz CT molecular complexity index is 497. The Hall–Kier alpha value is -1.32. The molecule has 0 spiro atoms. The number of nitrogens with zero attached hydrogens (tertiary/aromatic N) is 2. The van der Waals surface area contributed by atoms with Crippen molar-refractivity contribution < 1.29 is 8.42 Å². The minimum Gasteiger partial charge on any atom is -0.342 e. The van der Waals surface area contributed by atoms with Crippen molar-refractivity contribution in [2.45, 2.75) is 6.54 Å². The van der Waals surface area contributed by atoms with E-state index in [1.54, 1.807) is 17.7 Å². The molecule has 0 saturated carbocycles. The molecule has 1 heterocycles. The van der Waals surface area contributed by atoms with Crippen LogP contribution in [0, 0.1) is 11.3 Å². The van der Waals surface area contributed by atoms with Crippen LogP contribution >= 0.6 is 0 Å². The van der Waals surface area contributed by atoms with Crippen molar-refractivity contribution in [3.05, 3.63) is 23.5 Å². The van der Waals surface area contributed by atoms with Crippen molar-refractivity contribution in [2.24, 2.45) is 7.05 Å². The molecule has 1 rings (SSSR count). The van der Waals surface area contributed by atoms with Crippen LogP contribution in [0.15, 0.2) is 12.3 Å². The molecule has 0 aromatic carbocycles. The van der Waals surface area contributed by atoms with E-state index in [4.69, 9.17) is 5.26 Å². The highest BCUT2D eigenvalue weighted by atomic mass is 32.2. The van der Waals surface area contributed by atoms with Crippen LogP contribution in [-0.4, -0.2) is 31.5 Å². The normalized spacial score (nSPS) is 11.3. The Morgan fingerprint density at radius 2 is 2.25 bits per heavy atom. The number of rotatable bonds is 5. The highest BCUT2D eigenvalue weighted by Crippen LogP contribution is 2.05. The minimum atomic E-state index is -2.91. The molecule has 1 aromatic heterocycles. The molecule has 0 fully saturated rings. The van der Waals surface area contributed by atoms with Gasteiger partial charge in [-0.1, -0.05) is 0 Å². The van der Waals surface area contributed by atoms with Gasteiger partial charge >= 0.3 is 0 Å². The number of aromatic nitrogens is 1. The highest BCUT2D eigenvalue weighted by Gasteiger charge is 2.03. The summed E-state index contributed by atoms with van der Waals surface area (Å²) in [5, 5.41) is 11.8. The fraction of sp³-hybridized carbons (Fsp3) is 0.500. The van der Waals surface area contributed by atoms with E-state index < -0.39 is 9.84 Å². The number of aryl methyl sites for hydroxylation is 1. The summed E-state index contributed by atoms with van der Waals surface area (Å²) in [6, 6.07) is 3.85. The molecule has 0 aliphatic carbocycles. The molecule has 1 aromatic rings. The van der Waals surface area contributed by atoms with Crippen LogP contribution in [0.1, 0.15) is 11.3 Å². The van der Waals surface area contributed by atoms with E-state index in [9.17, 15) is 8.42 Å². The van der Waals surface area contributed by atoms with Gasteiger partial charge in [0.05, 0.1) is 5.75 Å². The Labute approximate surface area is 95.6 Å². The van der Waals surface area contributed by atoms with E-state index in [1.165, 1.54) is 6.26 Å². The summed E-state index contributed by atoms with van der Waals surface area (Å²) in [6.07, 6.45) is 3.07. The Kier molecular flexibility index (Phi) is 4.10. The molecule has 5 nitrogen and oxygen atoms in total. The molecule has 88 valence electrons. The van der Waals surface area contributed by atoms with Crippen molar-refractivity contribution in [2.75, 3.05) is 18.6 Å². The van der Waals surface area contributed by atoms with Gasteiger partial charge in [-0.3, -0.25) is 0 Å². The first-order valence-electron chi connectivity index (χ1n) is 4.86. The van der Waals surface area contributed by atoms with Crippen LogP contribution in [-0.2, 0) is 23.4 Å². The fourth-order valence-electron chi connectivity index (χ4n) is 1.33. The summed E-state index contributed by atoms with van der Waals surface area (Å²) < 4.78 is 23.5. The van der Waals surface area contributed by atoms with Crippen LogP contribution in [0.3, 0.4) is 0 Å². The molecule has 0 amide bonds. The van der Waals surface area contributed by atoms with Gasteiger partial charge in [0, 0.05) is 32.6 Å². The van der Waals surface area contributed by atoms with Crippen molar-refractivity contribution in [1.82, 2.24) is 9.88 Å². The second-order valence-corrected chi connectivity index (χ2v) is 6.02. The Morgan fingerprint density at radius 3 is 2.75 bits per heavy atom. The quantitative estimate of drug-likeness (QED) is 0.738. The smallest absolute Gasteiger partial charge is 0.148 e. The second-order valence-electron chi connectivity index (χ2n) is 3.76. The SMILES string of the molecule is Cn1cc(CNCCS(C)(=O)=O)cc1C#N. The van der Waals surface area contributed by atoms with E-state index in [0.717, 1.165) is 5.56 Å². The first-order valence-corrected chi connectivity index (χ1v) is 6.92. The molecular weight excluding hydrogens is 226 g/mol. The van der Waals surface area contributed by atoms with Crippen molar-refractivity contribution in [3.63, 3.8) is 0 Å². The third-order valence-corrected chi connectivity index (χ3v) is 3.10. The van der Waals surface area contributed by atoms with Gasteiger partial charge in [-0.2, -0.15) is 5.26 Å². The maximum Gasteiger partial charge on any atom is 0.148 e. The van der Waals surface area contributed by atoms with Crippen molar-refractivity contribution in [1.29, 1.82) is 5.26 Å². The van der Waals surface area contributed by atoms with Crippen LogP contribution in [0.5, 0.6) is 0 Å². The average molecular weight is 241 g/mol. The lowest BCUT2D eigenvalue weighted by molar-refractivity contribution is 0.596. The molecule has 1 N–H and O–H groups in total. The van der Waals surface area contributed by atoms with Crippen LogP contribution in [0.25, 0.3) is 0 Å². The molecule has 0 unspecified atom stereocenters. The lowest BCUT2D eigenvalue weighted by atomic mass is 10.3. The lowest BCUT2D eigenvalue weighted by Gasteiger charge is -2.01. The lowest BCUT2D eigenvalue weighted by Crippen LogP contribution is -2.21. The predicted molar refractivity (Wildman–Crippen MR) is 61.5 cm³/mol. The number of nitrogens with one attached hydrogen (secondary N) is 1. The molecule has 6 heteroatoms. The third-order valence-electron chi connectivity index (χ3n) is 2.15. The largest absolute Gasteiger partial charge is 0.342 e. The number of hydrogen-bond acceptors (Lipinski definition) is 4. The van der Waals surface area contributed by atoms with Gasteiger partial charge in [-0.25, -0.2) is 8.42 Å². The van der Waals surface area contributed by atoms with E-state index in [1.807, 2.05) is 6.20 Å². The Morgan fingerprint density at radius 1 is 1.56 bits per heavy atom. The van der Waals surface area contributed by atoms with Gasteiger partial charge in [0.1, 0.15) is 21.6 Å². The molecule has 0 aliphatic heterocycles. The minimum absolute atomic E-state index is 0.130. The standard InChI is InChI=1S/C10H15N3O2S/c1-13-8-9(5-10(13)6-11)7-12-3-4-16(2,14)15/h5,8,12H,3-4,7H2,1-2H3. The number of hydrogen-bond donors (Lipinski definition) is 1. The van der Waals surface area contributed by atoms with Crippen LogP contribution in [0.4, 0.5) is 0 Å². The van der Waals surface area contributed by atoms with Gasteiger partial charge in [0.15, 0.2) is 0 Å². The average Bonchev–Trinajstić information content (AvgIpc) is 2.52. The van der Waals surface area contributed by atoms with E-state index in [2.05, 4.69) is 11.4 Å². The topological polar surface area (TPSA) is 74.9 Å².